The van der Waals surface area contributed by atoms with E-state index in [1.54, 1.807) is 0 Å². The Morgan fingerprint density at radius 1 is 1.44 bits per heavy atom. The molecule has 5 heteroatoms. The molecule has 0 bridgehead atoms. The highest BCUT2D eigenvalue weighted by Gasteiger charge is 2.29. The lowest BCUT2D eigenvalue weighted by Crippen LogP contribution is -2.25. The van der Waals surface area contributed by atoms with Crippen LogP contribution in [0.15, 0.2) is 24.3 Å². The number of hydrogen-bond donors (Lipinski definition) is 1. The zero-order valence-electron chi connectivity index (χ0n) is 9.90. The monoisotopic (exact) mass is 307 g/mol. The number of alkyl halides is 1. The fourth-order valence-corrected chi connectivity index (χ4v) is 2.81. The number of fused-ring (bicyclic) bond motifs is 1. The van der Waals surface area contributed by atoms with Crippen LogP contribution in [-0.4, -0.2) is 32.6 Å². The Morgan fingerprint density at radius 3 is 3.00 bits per heavy atom. The van der Waals surface area contributed by atoms with Gasteiger partial charge in [-0.1, -0.05) is 28.1 Å². The number of nitrogens with one attached hydrogen (secondary N) is 1. The number of imidazole rings is 1. The molecule has 2 heterocycles. The molecule has 1 unspecified atom stereocenters. The number of hydrogen-bond acceptors (Lipinski definition) is 2. The van der Waals surface area contributed by atoms with Crippen LogP contribution < -0.4 is 0 Å². The molecule has 1 atom stereocenters. The quantitative estimate of drug-likeness (QED) is 0.885. The van der Waals surface area contributed by atoms with Gasteiger partial charge in [0.1, 0.15) is 5.82 Å². The van der Waals surface area contributed by atoms with Gasteiger partial charge in [0.25, 0.3) is 0 Å². The van der Waals surface area contributed by atoms with Crippen LogP contribution in [0, 0.1) is 5.92 Å². The average molecular weight is 308 g/mol. The lowest BCUT2D eigenvalue weighted by Gasteiger charge is -2.14. The molecule has 1 amide bonds. The molecule has 94 valence electrons. The molecule has 0 radical (unpaired) electrons. The van der Waals surface area contributed by atoms with Gasteiger partial charge in [-0.15, -0.1) is 0 Å². The van der Waals surface area contributed by atoms with Crippen molar-refractivity contribution in [1.29, 1.82) is 0 Å². The van der Waals surface area contributed by atoms with Crippen LogP contribution in [0.2, 0.25) is 0 Å². The van der Waals surface area contributed by atoms with E-state index >= 15 is 0 Å². The molecule has 4 nitrogen and oxygen atoms in total. The Morgan fingerprint density at radius 2 is 2.28 bits per heavy atom. The summed E-state index contributed by atoms with van der Waals surface area (Å²) < 4.78 is 0. The predicted octanol–water partition coefficient (Wildman–Crippen LogP) is 2.31. The number of aromatic amines is 1. The number of nitrogens with zero attached hydrogens (tertiary/aromatic N) is 2. The van der Waals surface area contributed by atoms with E-state index in [2.05, 4.69) is 25.9 Å². The van der Waals surface area contributed by atoms with Crippen LogP contribution in [-0.2, 0) is 11.3 Å². The molecule has 1 aliphatic heterocycles. The second-order valence-corrected chi connectivity index (χ2v) is 5.35. The fraction of sp³-hybridized carbons (Fsp3) is 0.385. The van der Waals surface area contributed by atoms with Crippen molar-refractivity contribution in [1.82, 2.24) is 14.9 Å². The number of benzene rings is 1. The van der Waals surface area contributed by atoms with E-state index in [1.165, 1.54) is 0 Å². The lowest BCUT2D eigenvalue weighted by molar-refractivity contribution is -0.128. The minimum Gasteiger partial charge on any atom is -0.340 e. The molecule has 1 aromatic carbocycles. The van der Waals surface area contributed by atoms with E-state index in [0.717, 1.165) is 28.7 Å². The zero-order chi connectivity index (χ0) is 12.5. The van der Waals surface area contributed by atoms with Crippen molar-refractivity contribution in [3.63, 3.8) is 0 Å². The number of likely N-dealkylation sites (tertiary alicyclic amines) is 1. The number of H-pyrrole nitrogens is 1. The van der Waals surface area contributed by atoms with E-state index in [-0.39, 0.29) is 5.91 Å². The highest BCUT2D eigenvalue weighted by molar-refractivity contribution is 9.09. The Hall–Kier alpha value is -1.36. The molecule has 0 aliphatic carbocycles. The van der Waals surface area contributed by atoms with Crippen molar-refractivity contribution in [2.24, 2.45) is 5.92 Å². The van der Waals surface area contributed by atoms with Gasteiger partial charge in [0.05, 0.1) is 17.6 Å². The van der Waals surface area contributed by atoms with Gasteiger partial charge in [0.15, 0.2) is 0 Å². The number of carbonyl (C=O) groups is 1. The van der Waals surface area contributed by atoms with Gasteiger partial charge in [-0.3, -0.25) is 4.79 Å². The maximum Gasteiger partial charge on any atom is 0.223 e. The summed E-state index contributed by atoms with van der Waals surface area (Å²) in [6.45, 7) is 1.40. The third-order valence-electron chi connectivity index (χ3n) is 3.29. The first-order chi connectivity index (χ1) is 8.76. The molecular formula is C13H14BrN3O. The second kappa shape index (κ2) is 4.72. The summed E-state index contributed by atoms with van der Waals surface area (Å²) in [6.07, 6.45) is 0.644. The van der Waals surface area contributed by atoms with Gasteiger partial charge in [-0.05, 0) is 18.1 Å². The Labute approximate surface area is 114 Å². The number of aromatic nitrogens is 2. The van der Waals surface area contributed by atoms with Crippen molar-refractivity contribution >= 4 is 32.9 Å². The van der Waals surface area contributed by atoms with Gasteiger partial charge in [0, 0.05) is 18.3 Å². The maximum atomic E-state index is 11.8. The average Bonchev–Trinajstić information content (AvgIpc) is 2.93. The first-order valence-corrected chi connectivity index (χ1v) is 7.16. The largest absolute Gasteiger partial charge is 0.340 e. The number of halogens is 1. The fourth-order valence-electron chi connectivity index (χ4n) is 2.37. The first-order valence-electron chi connectivity index (χ1n) is 6.03. The molecule has 3 rings (SSSR count). The van der Waals surface area contributed by atoms with E-state index in [0.29, 0.717) is 18.9 Å². The smallest absolute Gasteiger partial charge is 0.223 e. The number of para-hydroxylation sites is 2. The third kappa shape index (κ3) is 2.14. The first kappa shape index (κ1) is 11.7. The Bertz CT molecular complexity index is 547. The maximum absolute atomic E-state index is 11.8. The lowest BCUT2D eigenvalue weighted by atomic mass is 10.2. The van der Waals surface area contributed by atoms with Crippen molar-refractivity contribution in [2.75, 3.05) is 11.9 Å². The summed E-state index contributed by atoms with van der Waals surface area (Å²) >= 11 is 3.44. The topological polar surface area (TPSA) is 49.0 Å². The molecule has 1 fully saturated rings. The molecule has 1 N–H and O–H groups in total. The summed E-state index contributed by atoms with van der Waals surface area (Å²) in [5.74, 6) is 1.52. The predicted molar refractivity (Wildman–Crippen MR) is 73.4 cm³/mol. The summed E-state index contributed by atoms with van der Waals surface area (Å²) in [5, 5.41) is 0.884. The molecular weight excluding hydrogens is 294 g/mol. The molecule has 18 heavy (non-hydrogen) atoms. The number of rotatable bonds is 3. The van der Waals surface area contributed by atoms with E-state index in [1.807, 2.05) is 29.2 Å². The van der Waals surface area contributed by atoms with E-state index < -0.39 is 0 Å². The van der Waals surface area contributed by atoms with Gasteiger partial charge in [0.2, 0.25) is 5.91 Å². The van der Waals surface area contributed by atoms with Gasteiger partial charge < -0.3 is 9.88 Å². The van der Waals surface area contributed by atoms with Crippen molar-refractivity contribution in [3.8, 4) is 0 Å². The van der Waals surface area contributed by atoms with Gasteiger partial charge in [-0.25, -0.2) is 4.98 Å². The Kier molecular flexibility index (Phi) is 3.07. The highest BCUT2D eigenvalue weighted by atomic mass is 79.9. The number of carbonyl (C=O) groups excluding carboxylic acids is 1. The number of amides is 1. The van der Waals surface area contributed by atoms with E-state index in [9.17, 15) is 4.79 Å². The van der Waals surface area contributed by atoms with Crippen LogP contribution in [0.5, 0.6) is 0 Å². The van der Waals surface area contributed by atoms with Crippen LogP contribution >= 0.6 is 15.9 Å². The zero-order valence-corrected chi connectivity index (χ0v) is 11.5. The van der Waals surface area contributed by atoms with Crippen molar-refractivity contribution in [2.45, 2.75) is 13.0 Å². The summed E-state index contributed by atoms with van der Waals surface area (Å²) in [6, 6.07) is 7.92. The third-order valence-corrected chi connectivity index (χ3v) is 4.21. The second-order valence-electron chi connectivity index (χ2n) is 4.70. The van der Waals surface area contributed by atoms with Gasteiger partial charge in [-0.2, -0.15) is 0 Å². The highest BCUT2D eigenvalue weighted by Crippen LogP contribution is 2.21. The molecule has 2 aromatic rings. The van der Waals surface area contributed by atoms with Crippen molar-refractivity contribution in [3.05, 3.63) is 30.1 Å². The van der Waals surface area contributed by atoms with Crippen LogP contribution in [0.1, 0.15) is 12.2 Å². The van der Waals surface area contributed by atoms with Crippen LogP contribution in [0.3, 0.4) is 0 Å². The van der Waals surface area contributed by atoms with Crippen LogP contribution in [0.25, 0.3) is 11.0 Å². The van der Waals surface area contributed by atoms with Crippen LogP contribution in [0.4, 0.5) is 0 Å². The summed E-state index contributed by atoms with van der Waals surface area (Å²) in [5.41, 5.74) is 1.98. The minimum absolute atomic E-state index is 0.222. The summed E-state index contributed by atoms with van der Waals surface area (Å²) in [7, 11) is 0. The van der Waals surface area contributed by atoms with Gasteiger partial charge >= 0.3 is 0 Å². The minimum atomic E-state index is 0.222. The Balaban J connectivity index is 1.78. The molecule has 0 saturated carbocycles. The van der Waals surface area contributed by atoms with E-state index in [4.69, 9.17) is 0 Å². The standard InChI is InChI=1S/C13H14BrN3O/c14-6-9-5-13(18)17(7-9)8-12-15-10-3-1-2-4-11(10)16-12/h1-4,9H,5-8H2,(H,15,16). The summed E-state index contributed by atoms with van der Waals surface area (Å²) in [4.78, 5) is 21.5. The molecule has 0 spiro atoms. The molecule has 1 aromatic heterocycles. The molecule has 1 saturated heterocycles. The van der Waals surface area contributed by atoms with Crippen molar-refractivity contribution < 1.29 is 4.79 Å². The normalized spacial score (nSPS) is 19.9. The molecule has 1 aliphatic rings. The SMILES string of the molecule is O=C1CC(CBr)CN1Cc1nc2ccccc2[nH]1.